The van der Waals surface area contributed by atoms with Crippen molar-refractivity contribution >= 4 is 57.7 Å². The molecule has 0 spiro atoms. The molecule has 7 nitrogen and oxygen atoms in total. The van der Waals surface area contributed by atoms with Crippen LogP contribution in [0.2, 0.25) is 10.0 Å². The molecule has 0 aliphatic heterocycles. The van der Waals surface area contributed by atoms with Crippen LogP contribution >= 0.6 is 35.0 Å². The number of benzene rings is 1. The van der Waals surface area contributed by atoms with E-state index in [2.05, 4.69) is 6.58 Å². The van der Waals surface area contributed by atoms with Crippen LogP contribution in [0.15, 0.2) is 24.3 Å². The third-order valence-electron chi connectivity index (χ3n) is 5.65. The Hall–Kier alpha value is -2.03. The van der Waals surface area contributed by atoms with Gasteiger partial charge in [0.2, 0.25) is 11.0 Å². The summed E-state index contributed by atoms with van der Waals surface area (Å²) in [6.07, 6.45) is 4.02. The van der Waals surface area contributed by atoms with Gasteiger partial charge in [-0.05, 0) is 37.0 Å². The molecule has 0 radical (unpaired) electrons. The van der Waals surface area contributed by atoms with Gasteiger partial charge in [0.1, 0.15) is 17.3 Å². The molecule has 34 heavy (non-hydrogen) atoms. The van der Waals surface area contributed by atoms with E-state index in [1.54, 1.807) is 6.92 Å². The van der Waals surface area contributed by atoms with Crippen molar-refractivity contribution in [3.05, 3.63) is 39.9 Å². The van der Waals surface area contributed by atoms with Crippen LogP contribution in [0.25, 0.3) is 0 Å². The van der Waals surface area contributed by atoms with Crippen molar-refractivity contribution in [2.24, 2.45) is 5.92 Å². The molecule has 1 aromatic rings. The number of hydrogen-bond acceptors (Lipinski definition) is 6. The highest BCUT2D eigenvalue weighted by Crippen LogP contribution is 2.36. The van der Waals surface area contributed by atoms with Gasteiger partial charge in [0.25, 0.3) is 0 Å². The molecule has 1 saturated carbocycles. The van der Waals surface area contributed by atoms with Gasteiger partial charge < -0.3 is 14.7 Å². The normalized spacial score (nSPS) is 14.5. The van der Waals surface area contributed by atoms with Gasteiger partial charge in [-0.15, -0.1) is 0 Å². The summed E-state index contributed by atoms with van der Waals surface area (Å²) in [6.45, 7) is 6.56. The van der Waals surface area contributed by atoms with Gasteiger partial charge in [-0.3, -0.25) is 19.2 Å². The maximum absolute atomic E-state index is 12.8. The zero-order valence-electron chi connectivity index (χ0n) is 19.3. The van der Waals surface area contributed by atoms with Crippen LogP contribution in [-0.2, 0) is 14.4 Å². The minimum Gasteiger partial charge on any atom is -0.483 e. The highest BCUT2D eigenvalue weighted by Gasteiger charge is 2.31. The number of nitrogens with zero attached hydrogens (tertiary/aromatic N) is 1. The van der Waals surface area contributed by atoms with Crippen LogP contribution in [0, 0.1) is 5.92 Å². The van der Waals surface area contributed by atoms with E-state index in [-0.39, 0.29) is 63.1 Å². The number of carbonyl (C=O) groups is 4. The molecule has 1 fully saturated rings. The first-order valence-electron chi connectivity index (χ1n) is 11.1. The summed E-state index contributed by atoms with van der Waals surface area (Å²) in [5.74, 6) is -1.78. The van der Waals surface area contributed by atoms with Crippen molar-refractivity contribution in [1.82, 2.24) is 4.90 Å². The van der Waals surface area contributed by atoms with Gasteiger partial charge in [-0.25, -0.2) is 0 Å². The molecule has 0 bridgehead atoms. The van der Waals surface area contributed by atoms with Gasteiger partial charge in [0.15, 0.2) is 12.4 Å². The molecule has 1 aliphatic carbocycles. The summed E-state index contributed by atoms with van der Waals surface area (Å²) >= 11 is 13.4. The molecule has 1 N–H and O–H groups in total. The van der Waals surface area contributed by atoms with Gasteiger partial charge in [-0.2, -0.15) is 0 Å². The number of thioether (sulfide) groups is 1. The first kappa shape index (κ1) is 28.2. The van der Waals surface area contributed by atoms with Crippen molar-refractivity contribution < 1.29 is 29.0 Å². The van der Waals surface area contributed by atoms with E-state index >= 15 is 0 Å². The minimum atomic E-state index is -1.05. The summed E-state index contributed by atoms with van der Waals surface area (Å²) < 4.78 is 5.48. The minimum absolute atomic E-state index is 0.0265. The van der Waals surface area contributed by atoms with E-state index in [1.165, 1.54) is 17.0 Å². The fraction of sp³-hybridized carbons (Fsp3) is 0.500. The fourth-order valence-corrected chi connectivity index (χ4v) is 4.85. The SMILES string of the molecule is C=C(CC)C(=O)c1ccc(OCC(=O)SCC(C)C(=O)N(CC(=O)O)C2CCCC2)c(Cl)c1Cl. The van der Waals surface area contributed by atoms with Gasteiger partial charge in [0, 0.05) is 23.3 Å². The third-order valence-corrected chi connectivity index (χ3v) is 7.63. The zero-order chi connectivity index (χ0) is 25.4. The average molecular weight is 530 g/mol. The molecule has 1 atom stereocenters. The predicted molar refractivity (Wildman–Crippen MR) is 134 cm³/mol. The lowest BCUT2D eigenvalue weighted by molar-refractivity contribution is -0.147. The van der Waals surface area contributed by atoms with E-state index in [0.717, 1.165) is 37.4 Å². The number of ketones is 1. The number of halogens is 2. The van der Waals surface area contributed by atoms with Gasteiger partial charge >= 0.3 is 5.97 Å². The number of ether oxygens (including phenoxy) is 1. The Morgan fingerprint density at radius 2 is 1.85 bits per heavy atom. The smallest absolute Gasteiger partial charge is 0.323 e. The fourth-order valence-electron chi connectivity index (χ4n) is 3.67. The second-order valence-electron chi connectivity index (χ2n) is 8.20. The van der Waals surface area contributed by atoms with Crippen molar-refractivity contribution in [1.29, 1.82) is 0 Å². The maximum atomic E-state index is 12.8. The summed E-state index contributed by atoms with van der Waals surface area (Å²) in [6, 6.07) is 2.89. The molecule has 0 aromatic heterocycles. The molecule has 1 aliphatic rings. The average Bonchev–Trinajstić information content (AvgIpc) is 3.35. The lowest BCUT2D eigenvalue weighted by atomic mass is 10.0. The Labute approximate surface area is 213 Å². The molecule has 1 aromatic carbocycles. The van der Waals surface area contributed by atoms with Crippen molar-refractivity contribution in [3.63, 3.8) is 0 Å². The van der Waals surface area contributed by atoms with Gasteiger partial charge in [0.05, 0.1) is 5.02 Å². The predicted octanol–water partition coefficient (Wildman–Crippen LogP) is 5.27. The van der Waals surface area contributed by atoms with E-state index in [0.29, 0.717) is 12.0 Å². The number of carbonyl (C=O) groups excluding carboxylic acids is 3. The molecule has 186 valence electrons. The van der Waals surface area contributed by atoms with Crippen molar-refractivity contribution in [3.8, 4) is 5.75 Å². The Morgan fingerprint density at radius 3 is 2.44 bits per heavy atom. The third kappa shape index (κ3) is 7.48. The monoisotopic (exact) mass is 529 g/mol. The largest absolute Gasteiger partial charge is 0.483 e. The van der Waals surface area contributed by atoms with Crippen molar-refractivity contribution in [2.45, 2.75) is 52.0 Å². The highest BCUT2D eigenvalue weighted by atomic mass is 35.5. The molecular weight excluding hydrogens is 501 g/mol. The number of carboxylic acids is 1. The summed E-state index contributed by atoms with van der Waals surface area (Å²) in [5, 5.41) is 8.92. The molecule has 0 saturated heterocycles. The zero-order valence-corrected chi connectivity index (χ0v) is 21.6. The van der Waals surface area contributed by atoms with E-state index in [1.807, 2.05) is 6.92 Å². The quantitative estimate of drug-likeness (QED) is 0.290. The van der Waals surface area contributed by atoms with Crippen LogP contribution in [0.4, 0.5) is 0 Å². The number of aliphatic carboxylic acids is 1. The van der Waals surface area contributed by atoms with Gasteiger partial charge in [-0.1, -0.05) is 68.2 Å². The number of Topliss-reactive ketones (excluding diaryl/α,β-unsaturated/α-hetero) is 1. The molecule has 0 heterocycles. The summed E-state index contributed by atoms with van der Waals surface area (Å²) in [4.78, 5) is 50.1. The highest BCUT2D eigenvalue weighted by molar-refractivity contribution is 8.13. The molecule has 1 unspecified atom stereocenters. The van der Waals surface area contributed by atoms with Crippen LogP contribution < -0.4 is 4.74 Å². The second-order valence-corrected chi connectivity index (χ2v) is 10.0. The lowest BCUT2D eigenvalue weighted by Gasteiger charge is -2.29. The standard InChI is InChI=1S/C24H29Cl2NO6S/c1-4-14(2)23(31)17-9-10-18(22(26)21(17)25)33-12-20(30)34-13-15(3)24(32)27(11-19(28)29)16-7-5-6-8-16/h9-10,15-16H,2,4-8,11-13H2,1,3H3,(H,28,29). The number of allylic oxidation sites excluding steroid dienone is 1. The van der Waals surface area contributed by atoms with E-state index in [4.69, 9.17) is 27.9 Å². The number of hydrogen-bond donors (Lipinski definition) is 1. The number of amides is 1. The summed E-state index contributed by atoms with van der Waals surface area (Å²) in [5.41, 5.74) is 0.615. The van der Waals surface area contributed by atoms with Crippen LogP contribution in [-0.4, -0.2) is 57.7 Å². The van der Waals surface area contributed by atoms with Crippen LogP contribution in [0.5, 0.6) is 5.75 Å². The number of rotatable bonds is 12. The molecule has 1 amide bonds. The van der Waals surface area contributed by atoms with Crippen LogP contribution in [0.1, 0.15) is 56.3 Å². The van der Waals surface area contributed by atoms with Crippen LogP contribution in [0.3, 0.4) is 0 Å². The van der Waals surface area contributed by atoms with E-state index < -0.39 is 11.9 Å². The first-order chi connectivity index (χ1) is 16.1. The summed E-state index contributed by atoms with van der Waals surface area (Å²) in [7, 11) is 0. The number of carboxylic acid groups (broad SMARTS) is 1. The molecular formula is C24H29Cl2NO6S. The van der Waals surface area contributed by atoms with E-state index in [9.17, 15) is 24.3 Å². The Morgan fingerprint density at radius 1 is 1.21 bits per heavy atom. The second kappa shape index (κ2) is 13.2. The molecule has 2 rings (SSSR count). The molecule has 10 heteroatoms. The van der Waals surface area contributed by atoms with Crippen molar-refractivity contribution in [2.75, 3.05) is 18.9 Å². The Bertz CT molecular complexity index is 961. The topological polar surface area (TPSA) is 101 Å². The Kier molecular flexibility index (Phi) is 10.9. The maximum Gasteiger partial charge on any atom is 0.323 e. The Balaban J connectivity index is 1.91. The first-order valence-corrected chi connectivity index (χ1v) is 12.8. The lowest BCUT2D eigenvalue weighted by Crippen LogP contribution is -2.45.